The first-order valence-corrected chi connectivity index (χ1v) is 13.6. The maximum Gasteiger partial charge on any atom is 0.244 e. The van der Waals surface area contributed by atoms with Gasteiger partial charge in [-0.2, -0.15) is 0 Å². The maximum absolute atomic E-state index is 13.4. The Morgan fingerprint density at radius 3 is 2.47 bits per heavy atom. The number of para-hydroxylation sites is 1. The second kappa shape index (κ2) is 11.1. The summed E-state index contributed by atoms with van der Waals surface area (Å²) in [5, 5.41) is 12.3. The number of nitrogens with zero attached hydrogens (tertiary/aromatic N) is 3. The summed E-state index contributed by atoms with van der Waals surface area (Å²) >= 11 is 2.84. The van der Waals surface area contributed by atoms with Gasteiger partial charge in [0.05, 0.1) is 0 Å². The fourth-order valence-corrected chi connectivity index (χ4v) is 6.22. The van der Waals surface area contributed by atoms with E-state index in [2.05, 4.69) is 28.5 Å². The Bertz CT molecular complexity index is 1340. The number of anilines is 2. The Morgan fingerprint density at radius 2 is 1.72 bits per heavy atom. The van der Waals surface area contributed by atoms with Crippen LogP contribution >= 0.6 is 23.1 Å². The molecule has 1 saturated heterocycles. The van der Waals surface area contributed by atoms with Crippen molar-refractivity contribution in [3.05, 3.63) is 101 Å². The standard InChI is InChI=1S/C28H26N4O2S2/c1-2-19-11-9-10-16-23(19)32-18-21(17-24(32)33)27-30-31-28(36-27)29-26(34)25(20-12-5-3-6-13-20)35-22-14-7-4-8-15-22/h3-16,21,25H,2,17-18H2,1H3,(H,29,31,34). The molecular formula is C28H26N4O2S2. The summed E-state index contributed by atoms with van der Waals surface area (Å²) in [5.74, 6) is -0.113. The lowest BCUT2D eigenvalue weighted by Gasteiger charge is -2.19. The number of nitrogens with one attached hydrogen (secondary N) is 1. The molecule has 0 aliphatic carbocycles. The largest absolute Gasteiger partial charge is 0.311 e. The van der Waals surface area contributed by atoms with E-state index in [1.807, 2.05) is 83.8 Å². The molecule has 5 rings (SSSR count). The number of aromatic nitrogens is 2. The van der Waals surface area contributed by atoms with Gasteiger partial charge in [0.15, 0.2) is 0 Å². The average Bonchev–Trinajstić information content (AvgIpc) is 3.54. The van der Waals surface area contributed by atoms with Crippen LogP contribution in [-0.4, -0.2) is 28.6 Å². The van der Waals surface area contributed by atoms with Gasteiger partial charge in [0.2, 0.25) is 16.9 Å². The van der Waals surface area contributed by atoms with Gasteiger partial charge in [-0.3, -0.25) is 14.9 Å². The molecule has 1 fully saturated rings. The van der Waals surface area contributed by atoms with Crippen LogP contribution in [0.1, 0.15) is 40.6 Å². The van der Waals surface area contributed by atoms with Crippen LogP contribution in [0.15, 0.2) is 89.8 Å². The van der Waals surface area contributed by atoms with Gasteiger partial charge in [-0.05, 0) is 35.7 Å². The minimum Gasteiger partial charge on any atom is -0.311 e. The second-order valence-electron chi connectivity index (χ2n) is 8.54. The Kier molecular flexibility index (Phi) is 7.44. The number of carbonyl (C=O) groups is 2. The zero-order valence-electron chi connectivity index (χ0n) is 19.8. The van der Waals surface area contributed by atoms with Crippen LogP contribution in [0.2, 0.25) is 0 Å². The predicted octanol–water partition coefficient (Wildman–Crippen LogP) is 6.09. The zero-order valence-corrected chi connectivity index (χ0v) is 21.5. The van der Waals surface area contributed by atoms with E-state index >= 15 is 0 Å². The third-order valence-corrected chi connectivity index (χ3v) is 8.41. The van der Waals surface area contributed by atoms with Crippen molar-refractivity contribution in [3.8, 4) is 0 Å². The van der Waals surface area contributed by atoms with Gasteiger partial charge in [-0.1, -0.05) is 85.0 Å². The molecule has 36 heavy (non-hydrogen) atoms. The molecule has 4 aromatic rings. The number of rotatable bonds is 8. The molecule has 1 aliphatic rings. The van der Waals surface area contributed by atoms with E-state index in [0.29, 0.717) is 18.1 Å². The van der Waals surface area contributed by atoms with E-state index in [1.165, 1.54) is 23.1 Å². The lowest BCUT2D eigenvalue weighted by Crippen LogP contribution is -2.25. The average molecular weight is 515 g/mol. The topological polar surface area (TPSA) is 75.2 Å². The van der Waals surface area contributed by atoms with Crippen molar-refractivity contribution in [1.82, 2.24) is 10.2 Å². The fourth-order valence-electron chi connectivity index (χ4n) is 4.34. The number of hydrogen-bond donors (Lipinski definition) is 1. The molecule has 3 aromatic carbocycles. The van der Waals surface area contributed by atoms with E-state index in [1.54, 1.807) is 0 Å². The highest BCUT2D eigenvalue weighted by Gasteiger charge is 2.35. The van der Waals surface area contributed by atoms with Crippen molar-refractivity contribution >= 4 is 45.7 Å². The van der Waals surface area contributed by atoms with Crippen molar-refractivity contribution in [3.63, 3.8) is 0 Å². The third-order valence-electron chi connectivity index (χ3n) is 6.15. The van der Waals surface area contributed by atoms with Crippen molar-refractivity contribution in [2.45, 2.75) is 35.8 Å². The smallest absolute Gasteiger partial charge is 0.244 e. The summed E-state index contributed by atoms with van der Waals surface area (Å²) in [6.45, 7) is 2.66. The van der Waals surface area contributed by atoms with Crippen LogP contribution in [0.5, 0.6) is 0 Å². The van der Waals surface area contributed by atoms with E-state index in [0.717, 1.165) is 33.1 Å². The first-order chi connectivity index (χ1) is 17.6. The summed E-state index contributed by atoms with van der Waals surface area (Å²) in [7, 11) is 0. The zero-order chi connectivity index (χ0) is 24.9. The predicted molar refractivity (Wildman–Crippen MR) is 146 cm³/mol. The Hall–Kier alpha value is -3.49. The van der Waals surface area contributed by atoms with Gasteiger partial charge in [-0.15, -0.1) is 22.0 Å². The first kappa shape index (κ1) is 24.2. The molecule has 1 aliphatic heterocycles. The summed E-state index contributed by atoms with van der Waals surface area (Å²) in [6, 6.07) is 27.6. The fraction of sp³-hybridized carbons (Fsp3) is 0.214. The quantitative estimate of drug-likeness (QED) is 0.288. The minimum absolute atomic E-state index is 0.0471. The summed E-state index contributed by atoms with van der Waals surface area (Å²) in [4.78, 5) is 29.1. The Morgan fingerprint density at radius 1 is 1.03 bits per heavy atom. The number of aryl methyl sites for hydroxylation is 1. The monoisotopic (exact) mass is 514 g/mol. The molecule has 2 heterocycles. The number of hydrogen-bond acceptors (Lipinski definition) is 6. The van der Waals surface area contributed by atoms with Crippen LogP contribution in [0.25, 0.3) is 0 Å². The number of thioether (sulfide) groups is 1. The van der Waals surface area contributed by atoms with Crippen LogP contribution in [-0.2, 0) is 16.0 Å². The highest BCUT2D eigenvalue weighted by molar-refractivity contribution is 8.00. The van der Waals surface area contributed by atoms with E-state index in [-0.39, 0.29) is 17.7 Å². The lowest BCUT2D eigenvalue weighted by molar-refractivity contribution is -0.117. The maximum atomic E-state index is 13.4. The molecule has 0 saturated carbocycles. The van der Waals surface area contributed by atoms with Crippen LogP contribution in [0.4, 0.5) is 10.8 Å². The Labute approximate surface area is 218 Å². The van der Waals surface area contributed by atoms with Gasteiger partial charge in [0.25, 0.3) is 0 Å². The molecule has 0 radical (unpaired) electrons. The molecule has 0 bridgehead atoms. The Balaban J connectivity index is 1.30. The molecular weight excluding hydrogens is 488 g/mol. The third kappa shape index (κ3) is 5.34. The van der Waals surface area contributed by atoms with Crippen LogP contribution < -0.4 is 10.2 Å². The van der Waals surface area contributed by atoms with Gasteiger partial charge in [0, 0.05) is 29.5 Å². The minimum atomic E-state index is -0.435. The molecule has 2 amide bonds. The van der Waals surface area contributed by atoms with Crippen molar-refractivity contribution in [1.29, 1.82) is 0 Å². The second-order valence-corrected chi connectivity index (χ2v) is 10.7. The number of benzene rings is 3. The SMILES string of the molecule is CCc1ccccc1N1CC(c2nnc(NC(=O)C(Sc3ccccc3)c3ccccc3)s2)CC1=O. The molecule has 182 valence electrons. The molecule has 2 unspecified atom stereocenters. The van der Waals surface area contributed by atoms with Crippen LogP contribution in [0.3, 0.4) is 0 Å². The van der Waals surface area contributed by atoms with Gasteiger partial charge in [0.1, 0.15) is 10.3 Å². The van der Waals surface area contributed by atoms with E-state index in [4.69, 9.17) is 0 Å². The normalized spacial score (nSPS) is 16.2. The molecule has 1 aromatic heterocycles. The number of amides is 2. The van der Waals surface area contributed by atoms with E-state index in [9.17, 15) is 9.59 Å². The first-order valence-electron chi connectivity index (χ1n) is 11.9. The summed E-state index contributed by atoms with van der Waals surface area (Å²) in [5.41, 5.74) is 3.04. The van der Waals surface area contributed by atoms with Crippen LogP contribution in [0, 0.1) is 0 Å². The van der Waals surface area contributed by atoms with E-state index < -0.39 is 5.25 Å². The number of carbonyl (C=O) groups excluding carboxylic acids is 2. The summed E-state index contributed by atoms with van der Waals surface area (Å²) in [6.07, 6.45) is 1.25. The van der Waals surface area contributed by atoms with Gasteiger partial charge in [-0.25, -0.2) is 0 Å². The van der Waals surface area contributed by atoms with Crippen molar-refractivity contribution in [2.24, 2.45) is 0 Å². The van der Waals surface area contributed by atoms with Gasteiger partial charge < -0.3 is 4.90 Å². The highest BCUT2D eigenvalue weighted by Crippen LogP contribution is 2.38. The van der Waals surface area contributed by atoms with Crippen molar-refractivity contribution in [2.75, 3.05) is 16.8 Å². The summed E-state index contributed by atoms with van der Waals surface area (Å²) < 4.78 is 0. The molecule has 2 atom stereocenters. The molecule has 8 heteroatoms. The highest BCUT2D eigenvalue weighted by atomic mass is 32.2. The molecule has 1 N–H and O–H groups in total. The van der Waals surface area contributed by atoms with Crippen molar-refractivity contribution < 1.29 is 9.59 Å². The van der Waals surface area contributed by atoms with Gasteiger partial charge >= 0.3 is 0 Å². The lowest BCUT2D eigenvalue weighted by atomic mass is 10.1. The molecule has 0 spiro atoms. The molecule has 6 nitrogen and oxygen atoms in total.